The quantitative estimate of drug-likeness (QED) is 0.852. The highest BCUT2D eigenvalue weighted by Crippen LogP contribution is 2.15. The monoisotopic (exact) mass is 237 g/mol. The van der Waals surface area contributed by atoms with E-state index in [1.807, 2.05) is 32.3 Å². The van der Waals surface area contributed by atoms with E-state index in [0.29, 0.717) is 12.5 Å². The van der Waals surface area contributed by atoms with Crippen LogP contribution in [0.4, 0.5) is 5.82 Å². The molecule has 0 spiro atoms. The first-order valence-corrected chi connectivity index (χ1v) is 5.89. The maximum atomic E-state index is 5.58. The van der Waals surface area contributed by atoms with E-state index in [1.54, 1.807) is 0 Å². The molecule has 17 heavy (non-hydrogen) atoms. The lowest BCUT2D eigenvalue weighted by Gasteiger charge is -2.21. The average molecular weight is 237 g/mol. The molecule has 0 bridgehead atoms. The Bertz CT molecular complexity index is 345. The summed E-state index contributed by atoms with van der Waals surface area (Å²) in [6, 6.07) is 5.78. The summed E-state index contributed by atoms with van der Waals surface area (Å²) < 4.78 is 5.58. The summed E-state index contributed by atoms with van der Waals surface area (Å²) >= 11 is 0. The lowest BCUT2D eigenvalue weighted by molar-refractivity contribution is 0.254. The van der Waals surface area contributed by atoms with Crippen molar-refractivity contribution in [3.63, 3.8) is 0 Å². The first-order chi connectivity index (χ1) is 7.87. The molecule has 1 rings (SSSR count). The number of nitrogens with one attached hydrogen (secondary N) is 1. The zero-order chi connectivity index (χ0) is 12.9. The second-order valence-electron chi connectivity index (χ2n) is 5.39. The van der Waals surface area contributed by atoms with Crippen molar-refractivity contribution in [2.75, 3.05) is 32.6 Å². The highest BCUT2D eigenvalue weighted by atomic mass is 16.5. The first-order valence-electron chi connectivity index (χ1n) is 5.89. The van der Waals surface area contributed by atoms with Gasteiger partial charge in [0.1, 0.15) is 12.4 Å². The average Bonchev–Trinajstić information content (AvgIpc) is 2.14. The third-order valence-electron chi connectivity index (χ3n) is 2.02. The number of likely N-dealkylation sites (N-methyl/N-ethyl adjacent to an activating group) is 1. The molecule has 0 unspecified atom stereocenters. The summed E-state index contributed by atoms with van der Waals surface area (Å²) in [4.78, 5) is 6.48. The molecule has 0 radical (unpaired) electrons. The lowest BCUT2D eigenvalue weighted by Crippen LogP contribution is -2.26. The first kappa shape index (κ1) is 13.8. The number of pyridine rings is 1. The molecule has 0 atom stereocenters. The highest BCUT2D eigenvalue weighted by Gasteiger charge is 2.10. The standard InChI is InChI=1S/C13H23N3O/c1-13(2,3)15-11-7-6-8-12(14-11)17-10-9-16(4)5/h6-8H,9-10H2,1-5H3,(H,14,15). The molecule has 4 heteroatoms. The minimum absolute atomic E-state index is 0.00919. The van der Waals surface area contributed by atoms with Crippen molar-refractivity contribution in [2.24, 2.45) is 0 Å². The van der Waals surface area contributed by atoms with Gasteiger partial charge in [0.25, 0.3) is 0 Å². The van der Waals surface area contributed by atoms with Crippen molar-refractivity contribution in [2.45, 2.75) is 26.3 Å². The Labute approximate surface area is 104 Å². The van der Waals surface area contributed by atoms with Crippen LogP contribution >= 0.6 is 0 Å². The van der Waals surface area contributed by atoms with Gasteiger partial charge in [-0.2, -0.15) is 4.98 Å². The molecule has 0 aliphatic carbocycles. The van der Waals surface area contributed by atoms with E-state index in [2.05, 4.69) is 36.0 Å². The van der Waals surface area contributed by atoms with Gasteiger partial charge in [-0.1, -0.05) is 6.07 Å². The number of hydrogen-bond donors (Lipinski definition) is 1. The van der Waals surface area contributed by atoms with Crippen molar-refractivity contribution in [3.8, 4) is 5.88 Å². The van der Waals surface area contributed by atoms with Gasteiger partial charge in [0.2, 0.25) is 5.88 Å². The van der Waals surface area contributed by atoms with E-state index in [-0.39, 0.29) is 5.54 Å². The minimum atomic E-state index is 0.00919. The number of rotatable bonds is 5. The summed E-state index contributed by atoms with van der Waals surface area (Å²) in [6.45, 7) is 7.86. The molecule has 0 aliphatic rings. The van der Waals surface area contributed by atoms with Gasteiger partial charge in [-0.15, -0.1) is 0 Å². The molecule has 0 aliphatic heterocycles. The predicted molar refractivity (Wildman–Crippen MR) is 71.7 cm³/mol. The summed E-state index contributed by atoms with van der Waals surface area (Å²) in [5, 5.41) is 3.32. The minimum Gasteiger partial charge on any atom is -0.476 e. The number of aromatic nitrogens is 1. The molecule has 0 amide bonds. The van der Waals surface area contributed by atoms with Crippen molar-refractivity contribution in [1.82, 2.24) is 9.88 Å². The van der Waals surface area contributed by atoms with Crippen molar-refractivity contribution in [3.05, 3.63) is 18.2 Å². The van der Waals surface area contributed by atoms with E-state index < -0.39 is 0 Å². The van der Waals surface area contributed by atoms with Gasteiger partial charge in [0, 0.05) is 18.2 Å². The number of hydrogen-bond acceptors (Lipinski definition) is 4. The summed E-state index contributed by atoms with van der Waals surface area (Å²) in [7, 11) is 4.04. The van der Waals surface area contributed by atoms with Crippen LogP contribution in [0.15, 0.2) is 18.2 Å². The Kier molecular flexibility index (Phi) is 4.75. The topological polar surface area (TPSA) is 37.4 Å². The normalized spacial score (nSPS) is 11.6. The van der Waals surface area contributed by atoms with Gasteiger partial charge in [-0.05, 0) is 40.9 Å². The molecule has 1 N–H and O–H groups in total. The molecule has 4 nitrogen and oxygen atoms in total. The molecule has 1 heterocycles. The Morgan fingerprint density at radius 3 is 2.59 bits per heavy atom. The summed E-state index contributed by atoms with van der Waals surface area (Å²) in [5.41, 5.74) is 0.00919. The van der Waals surface area contributed by atoms with Crippen LogP contribution in [0.25, 0.3) is 0 Å². The van der Waals surface area contributed by atoms with Crippen molar-refractivity contribution in [1.29, 1.82) is 0 Å². The van der Waals surface area contributed by atoms with Gasteiger partial charge in [-0.25, -0.2) is 0 Å². The van der Waals surface area contributed by atoms with Gasteiger partial charge >= 0.3 is 0 Å². The largest absolute Gasteiger partial charge is 0.476 e. The number of anilines is 1. The van der Waals surface area contributed by atoms with Crippen LogP contribution in [0.2, 0.25) is 0 Å². The molecular weight excluding hydrogens is 214 g/mol. The van der Waals surface area contributed by atoms with E-state index in [0.717, 1.165) is 12.4 Å². The maximum Gasteiger partial charge on any atom is 0.215 e. The van der Waals surface area contributed by atoms with E-state index >= 15 is 0 Å². The molecule has 1 aromatic heterocycles. The van der Waals surface area contributed by atoms with Crippen molar-refractivity contribution >= 4 is 5.82 Å². The lowest BCUT2D eigenvalue weighted by atomic mass is 10.1. The van der Waals surface area contributed by atoms with Crippen LogP contribution < -0.4 is 10.1 Å². The SMILES string of the molecule is CN(C)CCOc1cccc(NC(C)(C)C)n1. The molecule has 0 saturated carbocycles. The van der Waals surface area contributed by atoms with Gasteiger partial charge in [0.05, 0.1) is 0 Å². The van der Waals surface area contributed by atoms with Crippen LogP contribution in [0, 0.1) is 0 Å². The molecule has 1 aromatic rings. The molecular formula is C13H23N3O. The summed E-state index contributed by atoms with van der Waals surface area (Å²) in [5.74, 6) is 1.51. The van der Waals surface area contributed by atoms with Crippen LogP contribution in [-0.4, -0.2) is 42.7 Å². The van der Waals surface area contributed by atoms with E-state index in [1.165, 1.54) is 0 Å². The van der Waals surface area contributed by atoms with Crippen LogP contribution in [0.1, 0.15) is 20.8 Å². The fraction of sp³-hybridized carbons (Fsp3) is 0.615. The van der Waals surface area contributed by atoms with Crippen molar-refractivity contribution < 1.29 is 4.74 Å². The fourth-order valence-corrected chi connectivity index (χ4v) is 1.28. The van der Waals surface area contributed by atoms with Crippen LogP contribution in [0.5, 0.6) is 5.88 Å². The molecule has 0 fully saturated rings. The van der Waals surface area contributed by atoms with Gasteiger partial charge in [-0.3, -0.25) is 0 Å². The van der Waals surface area contributed by atoms with Crippen LogP contribution in [0.3, 0.4) is 0 Å². The Morgan fingerprint density at radius 1 is 1.29 bits per heavy atom. The fourth-order valence-electron chi connectivity index (χ4n) is 1.28. The highest BCUT2D eigenvalue weighted by molar-refractivity contribution is 5.39. The van der Waals surface area contributed by atoms with Gasteiger partial charge in [0.15, 0.2) is 0 Å². The Hall–Kier alpha value is -1.29. The van der Waals surface area contributed by atoms with E-state index in [4.69, 9.17) is 4.74 Å². The maximum absolute atomic E-state index is 5.58. The zero-order valence-electron chi connectivity index (χ0n) is 11.4. The molecule has 0 saturated heterocycles. The van der Waals surface area contributed by atoms with E-state index in [9.17, 15) is 0 Å². The third-order valence-corrected chi connectivity index (χ3v) is 2.02. The summed E-state index contributed by atoms with van der Waals surface area (Å²) in [6.07, 6.45) is 0. The predicted octanol–water partition coefficient (Wildman–Crippen LogP) is 2.23. The Balaban J connectivity index is 2.54. The Morgan fingerprint density at radius 2 is 2.00 bits per heavy atom. The smallest absolute Gasteiger partial charge is 0.215 e. The number of ether oxygens (including phenoxy) is 1. The molecule has 96 valence electrons. The second-order valence-corrected chi connectivity index (χ2v) is 5.39. The second kappa shape index (κ2) is 5.87. The zero-order valence-corrected chi connectivity index (χ0v) is 11.4. The molecule has 0 aromatic carbocycles. The number of nitrogens with zero attached hydrogens (tertiary/aromatic N) is 2. The third kappa shape index (κ3) is 6.12. The van der Waals surface area contributed by atoms with Gasteiger partial charge < -0.3 is 15.0 Å². The van der Waals surface area contributed by atoms with Crippen LogP contribution in [-0.2, 0) is 0 Å².